The van der Waals surface area contributed by atoms with Crippen LogP contribution in [0.4, 0.5) is 0 Å². The molecule has 2 N–H and O–H groups in total. The van der Waals surface area contributed by atoms with Crippen molar-refractivity contribution in [3.05, 3.63) is 6.54 Å². The predicted molar refractivity (Wildman–Crippen MR) is 38.9 cm³/mol. The van der Waals surface area contributed by atoms with Crippen molar-refractivity contribution < 1.29 is 37.5 Å². The minimum Gasteiger partial charge on any atom is -0.492 e. The molecule has 1 radical (unpaired) electrons. The van der Waals surface area contributed by atoms with E-state index in [4.69, 9.17) is 5.73 Å². The molecule has 0 bridgehead atoms. The van der Waals surface area contributed by atoms with Crippen molar-refractivity contribution in [1.82, 2.24) is 4.90 Å². The molecule has 1 atom stereocenters. The first-order valence-electron chi connectivity index (χ1n) is 3.61. The molecule has 1 amide bonds. The number of amides is 1. The van der Waals surface area contributed by atoms with Crippen molar-refractivity contribution in [1.29, 1.82) is 0 Å². The fraction of sp³-hybridized carbons (Fsp3) is 0.714. The van der Waals surface area contributed by atoms with E-state index in [1.165, 1.54) is 0 Å². The zero-order valence-corrected chi connectivity index (χ0v) is 9.62. The molecule has 0 aromatic rings. The first kappa shape index (κ1) is 11.5. The summed E-state index contributed by atoms with van der Waals surface area (Å²) < 4.78 is 0. The summed E-state index contributed by atoms with van der Waals surface area (Å²) >= 11 is 0. The standard InChI is InChI=1S/C7H13N2O.Y/c1-6(8)7(10)9-4-2-3-5-9;/h4,6H,2-3,5,8H2,1H3;/q-1;. The third kappa shape index (κ3) is 3.18. The van der Waals surface area contributed by atoms with Gasteiger partial charge in [-0.05, 0) is 13.5 Å². The third-order valence-electron chi connectivity index (χ3n) is 1.63. The Kier molecular flexibility index (Phi) is 5.48. The van der Waals surface area contributed by atoms with E-state index in [1.807, 2.05) is 6.54 Å². The van der Waals surface area contributed by atoms with Gasteiger partial charge >= 0.3 is 0 Å². The molecular formula is C7H13N2OY-. The first-order chi connectivity index (χ1) is 4.72. The minimum absolute atomic E-state index is 0. The maximum absolute atomic E-state index is 11.1. The van der Waals surface area contributed by atoms with E-state index < -0.39 is 0 Å². The first-order valence-corrected chi connectivity index (χ1v) is 3.61. The Morgan fingerprint density at radius 2 is 2.36 bits per heavy atom. The fourth-order valence-electron chi connectivity index (χ4n) is 1.06. The summed E-state index contributed by atoms with van der Waals surface area (Å²) in [5, 5.41) is 0. The number of hydrogen-bond donors (Lipinski definition) is 1. The Hall–Kier alpha value is 0.534. The van der Waals surface area contributed by atoms with Gasteiger partial charge < -0.3 is 10.6 Å². The van der Waals surface area contributed by atoms with Crippen LogP contribution in [0, 0.1) is 6.54 Å². The summed E-state index contributed by atoms with van der Waals surface area (Å²) in [6.07, 6.45) is 2.09. The van der Waals surface area contributed by atoms with E-state index in [9.17, 15) is 4.79 Å². The largest absolute Gasteiger partial charge is 0.492 e. The molecule has 0 saturated carbocycles. The number of likely N-dealkylation sites (tertiary alicyclic amines) is 1. The topological polar surface area (TPSA) is 46.3 Å². The Labute approximate surface area is 92.6 Å². The van der Waals surface area contributed by atoms with E-state index in [0.29, 0.717) is 0 Å². The molecule has 0 aliphatic carbocycles. The molecule has 4 heteroatoms. The Morgan fingerprint density at radius 3 is 2.73 bits per heavy atom. The van der Waals surface area contributed by atoms with Gasteiger partial charge in [0.25, 0.3) is 0 Å². The van der Waals surface area contributed by atoms with Crippen LogP contribution in [0.25, 0.3) is 0 Å². The van der Waals surface area contributed by atoms with E-state index in [2.05, 4.69) is 0 Å². The van der Waals surface area contributed by atoms with Gasteiger partial charge in [0.2, 0.25) is 5.91 Å². The van der Waals surface area contributed by atoms with E-state index in [0.717, 1.165) is 19.4 Å². The Morgan fingerprint density at radius 1 is 1.73 bits per heavy atom. The molecule has 1 aliphatic heterocycles. The molecule has 11 heavy (non-hydrogen) atoms. The molecular weight excluding hydrogens is 217 g/mol. The number of carbonyl (C=O) groups excluding carboxylic acids is 1. The smallest absolute Gasteiger partial charge is 0.210 e. The summed E-state index contributed by atoms with van der Waals surface area (Å²) in [5.74, 6) is 0.0394. The predicted octanol–water partition coefficient (Wildman–Crippen LogP) is 0.115. The van der Waals surface area contributed by atoms with Crippen LogP contribution in [0.3, 0.4) is 0 Å². The van der Waals surface area contributed by atoms with Crippen LogP contribution in [0.1, 0.15) is 19.8 Å². The molecule has 3 nitrogen and oxygen atoms in total. The second-order valence-corrected chi connectivity index (χ2v) is 2.65. The van der Waals surface area contributed by atoms with E-state index in [-0.39, 0.29) is 44.7 Å². The number of carbonyl (C=O) groups is 1. The summed E-state index contributed by atoms with van der Waals surface area (Å²) in [6.45, 7) is 4.49. The van der Waals surface area contributed by atoms with E-state index >= 15 is 0 Å². The summed E-state index contributed by atoms with van der Waals surface area (Å²) in [6, 6.07) is -0.352. The minimum atomic E-state index is -0.352. The molecule has 1 saturated heterocycles. The van der Waals surface area contributed by atoms with Crippen LogP contribution in [0.2, 0.25) is 0 Å². The van der Waals surface area contributed by atoms with Crippen molar-refractivity contribution in [2.24, 2.45) is 5.73 Å². The summed E-state index contributed by atoms with van der Waals surface area (Å²) in [7, 11) is 0. The van der Waals surface area contributed by atoms with Crippen molar-refractivity contribution in [3.8, 4) is 0 Å². The monoisotopic (exact) mass is 230 g/mol. The van der Waals surface area contributed by atoms with Gasteiger partial charge in [0.1, 0.15) is 0 Å². The van der Waals surface area contributed by atoms with Crippen LogP contribution < -0.4 is 5.73 Å². The molecule has 0 aromatic carbocycles. The molecule has 0 aromatic heterocycles. The molecule has 1 rings (SSSR count). The maximum atomic E-state index is 11.1. The molecule has 1 heterocycles. The Bertz CT molecular complexity index is 132. The van der Waals surface area contributed by atoms with Crippen LogP contribution in [0.15, 0.2) is 0 Å². The van der Waals surface area contributed by atoms with Crippen LogP contribution in [-0.4, -0.2) is 23.4 Å². The van der Waals surface area contributed by atoms with Gasteiger partial charge in [0, 0.05) is 32.7 Å². The molecule has 1 aliphatic rings. The van der Waals surface area contributed by atoms with Crippen LogP contribution in [0.5, 0.6) is 0 Å². The normalized spacial score (nSPS) is 19.3. The maximum Gasteiger partial charge on any atom is 0.210 e. The van der Waals surface area contributed by atoms with Gasteiger partial charge in [-0.1, -0.05) is 6.42 Å². The van der Waals surface area contributed by atoms with Gasteiger partial charge in [-0.3, -0.25) is 4.79 Å². The van der Waals surface area contributed by atoms with Gasteiger partial charge in [-0.2, -0.15) is 6.42 Å². The SMILES string of the molecule is CC(N)C(=O)N1[CH-]CCC1.[Y]. The van der Waals surface area contributed by atoms with Crippen LogP contribution >= 0.6 is 0 Å². The molecule has 1 unspecified atom stereocenters. The molecule has 61 valence electrons. The van der Waals surface area contributed by atoms with Crippen molar-refractivity contribution in [2.45, 2.75) is 25.8 Å². The average molecular weight is 230 g/mol. The quantitative estimate of drug-likeness (QED) is 0.650. The van der Waals surface area contributed by atoms with Gasteiger partial charge in [0.15, 0.2) is 0 Å². The van der Waals surface area contributed by atoms with Crippen molar-refractivity contribution in [2.75, 3.05) is 6.54 Å². The van der Waals surface area contributed by atoms with Crippen molar-refractivity contribution >= 4 is 5.91 Å². The average Bonchev–Trinajstić information content (AvgIpc) is 2.36. The second-order valence-electron chi connectivity index (χ2n) is 2.65. The second kappa shape index (κ2) is 5.23. The molecule has 0 spiro atoms. The van der Waals surface area contributed by atoms with Gasteiger partial charge in [0.05, 0.1) is 6.04 Å². The van der Waals surface area contributed by atoms with Crippen LogP contribution in [-0.2, 0) is 37.5 Å². The van der Waals surface area contributed by atoms with E-state index in [1.54, 1.807) is 11.8 Å². The fourth-order valence-corrected chi connectivity index (χ4v) is 1.06. The van der Waals surface area contributed by atoms with Gasteiger partial charge in [-0.25, -0.2) is 6.54 Å². The summed E-state index contributed by atoms with van der Waals surface area (Å²) in [4.78, 5) is 12.8. The number of nitrogens with zero attached hydrogens (tertiary/aromatic N) is 1. The van der Waals surface area contributed by atoms with Gasteiger partial charge in [-0.15, -0.1) is 0 Å². The zero-order chi connectivity index (χ0) is 7.56. The Balaban J connectivity index is 0.000001000. The number of hydrogen-bond acceptors (Lipinski definition) is 2. The zero-order valence-electron chi connectivity index (χ0n) is 6.79. The number of rotatable bonds is 1. The third-order valence-corrected chi connectivity index (χ3v) is 1.63. The molecule has 1 fully saturated rings. The number of nitrogens with two attached hydrogens (primary N) is 1. The summed E-state index contributed by atoms with van der Waals surface area (Å²) in [5.41, 5.74) is 5.40. The van der Waals surface area contributed by atoms with Crippen molar-refractivity contribution in [3.63, 3.8) is 0 Å².